The summed E-state index contributed by atoms with van der Waals surface area (Å²) in [5.74, 6) is 0.134. The van der Waals surface area contributed by atoms with E-state index in [1.54, 1.807) is 0 Å². The quantitative estimate of drug-likeness (QED) is 0.735. The average Bonchev–Trinajstić information content (AvgIpc) is 3.14. The van der Waals surface area contributed by atoms with Crippen LogP contribution in [0.2, 0.25) is 0 Å². The second-order valence-electron chi connectivity index (χ2n) is 8.14. The van der Waals surface area contributed by atoms with E-state index >= 15 is 0 Å². The molecule has 2 aromatic rings. The van der Waals surface area contributed by atoms with Gasteiger partial charge in [-0.3, -0.25) is 9.59 Å². The molecule has 162 valence electrons. The normalized spacial score (nSPS) is 14.9. The number of aryl methyl sites for hydroxylation is 2. The fourth-order valence-corrected chi connectivity index (χ4v) is 4.68. The van der Waals surface area contributed by atoms with Gasteiger partial charge in [-0.2, -0.15) is 0 Å². The standard InChI is InChI=1S/C23H32N4O2S/c1-5-17-6-8-19(9-7-17)22-25-16(2)20(30-22)23(29)27-13-10-18(11-14-27)21(28)24-12-15-26(3)4/h6-9,18H,5,10-15H2,1-4H3,(H,24,28). The van der Waals surface area contributed by atoms with E-state index in [0.29, 0.717) is 37.4 Å². The molecule has 0 spiro atoms. The largest absolute Gasteiger partial charge is 0.355 e. The molecule has 0 saturated carbocycles. The first-order valence-electron chi connectivity index (χ1n) is 10.7. The molecule has 2 heterocycles. The maximum atomic E-state index is 13.1. The number of aromatic nitrogens is 1. The molecule has 1 aromatic heterocycles. The van der Waals surface area contributed by atoms with Crippen molar-refractivity contribution in [1.29, 1.82) is 0 Å². The van der Waals surface area contributed by atoms with Crippen molar-refractivity contribution in [2.45, 2.75) is 33.1 Å². The second-order valence-corrected chi connectivity index (χ2v) is 9.14. The molecule has 1 aromatic carbocycles. The number of likely N-dealkylation sites (tertiary alicyclic amines) is 1. The number of thiazole rings is 1. The summed E-state index contributed by atoms with van der Waals surface area (Å²) in [5.41, 5.74) is 3.12. The minimum Gasteiger partial charge on any atom is -0.355 e. The van der Waals surface area contributed by atoms with Crippen LogP contribution in [-0.2, 0) is 11.2 Å². The van der Waals surface area contributed by atoms with Gasteiger partial charge in [0.15, 0.2) is 0 Å². The SMILES string of the molecule is CCc1ccc(-c2nc(C)c(C(=O)N3CCC(C(=O)NCCN(C)C)CC3)s2)cc1. The molecule has 1 aliphatic rings. The van der Waals surface area contributed by atoms with Gasteiger partial charge >= 0.3 is 0 Å². The Bertz CT molecular complexity index is 868. The summed E-state index contributed by atoms with van der Waals surface area (Å²) in [7, 11) is 3.98. The maximum absolute atomic E-state index is 13.1. The fraction of sp³-hybridized carbons (Fsp3) is 0.522. The lowest BCUT2D eigenvalue weighted by Gasteiger charge is -2.31. The summed E-state index contributed by atoms with van der Waals surface area (Å²) in [6, 6.07) is 8.38. The molecule has 6 nitrogen and oxygen atoms in total. The van der Waals surface area contributed by atoms with Crippen molar-refractivity contribution in [3.63, 3.8) is 0 Å². The zero-order chi connectivity index (χ0) is 21.7. The van der Waals surface area contributed by atoms with Crippen LogP contribution < -0.4 is 5.32 Å². The first kappa shape index (κ1) is 22.4. The zero-order valence-electron chi connectivity index (χ0n) is 18.4. The Kier molecular flexibility index (Phi) is 7.61. The Balaban J connectivity index is 1.58. The number of benzene rings is 1. The summed E-state index contributed by atoms with van der Waals surface area (Å²) in [6.07, 6.45) is 2.43. The Morgan fingerprint density at radius 2 is 1.87 bits per heavy atom. The first-order chi connectivity index (χ1) is 14.4. The molecule has 0 atom stereocenters. The molecule has 1 fully saturated rings. The predicted octanol–water partition coefficient (Wildman–Crippen LogP) is 3.21. The van der Waals surface area contributed by atoms with Gasteiger partial charge in [0.2, 0.25) is 5.91 Å². The molecule has 1 saturated heterocycles. The van der Waals surface area contributed by atoms with Crippen molar-refractivity contribution >= 4 is 23.2 Å². The third kappa shape index (κ3) is 5.46. The van der Waals surface area contributed by atoms with Crippen LogP contribution in [0, 0.1) is 12.8 Å². The van der Waals surface area contributed by atoms with Gasteiger partial charge in [0.05, 0.1) is 5.69 Å². The fourth-order valence-electron chi connectivity index (χ4n) is 3.64. The molecule has 30 heavy (non-hydrogen) atoms. The second kappa shape index (κ2) is 10.2. The van der Waals surface area contributed by atoms with Crippen LogP contribution in [0.5, 0.6) is 0 Å². The van der Waals surface area contributed by atoms with Gasteiger partial charge in [0.1, 0.15) is 9.88 Å². The van der Waals surface area contributed by atoms with Crippen molar-refractivity contribution < 1.29 is 9.59 Å². The van der Waals surface area contributed by atoms with Crippen LogP contribution in [0.25, 0.3) is 10.6 Å². The number of amides is 2. The molecule has 0 radical (unpaired) electrons. The third-order valence-electron chi connectivity index (χ3n) is 5.61. The van der Waals surface area contributed by atoms with Crippen LogP contribution in [-0.4, -0.2) is 66.9 Å². The van der Waals surface area contributed by atoms with Gasteiger partial charge < -0.3 is 15.1 Å². The lowest BCUT2D eigenvalue weighted by atomic mass is 9.95. The number of carbonyl (C=O) groups excluding carboxylic acids is 2. The van der Waals surface area contributed by atoms with E-state index in [1.165, 1.54) is 16.9 Å². The van der Waals surface area contributed by atoms with Gasteiger partial charge in [-0.1, -0.05) is 31.2 Å². The van der Waals surface area contributed by atoms with E-state index in [4.69, 9.17) is 0 Å². The minimum absolute atomic E-state index is 0.00795. The number of nitrogens with one attached hydrogen (secondary N) is 1. The highest BCUT2D eigenvalue weighted by atomic mass is 32.1. The highest BCUT2D eigenvalue weighted by Crippen LogP contribution is 2.30. The number of hydrogen-bond donors (Lipinski definition) is 1. The minimum atomic E-state index is -0.00795. The van der Waals surface area contributed by atoms with Gasteiger partial charge in [0.25, 0.3) is 5.91 Å². The van der Waals surface area contributed by atoms with Crippen LogP contribution >= 0.6 is 11.3 Å². The molecule has 1 N–H and O–H groups in total. The number of carbonyl (C=O) groups is 2. The summed E-state index contributed by atoms with van der Waals surface area (Å²) < 4.78 is 0. The van der Waals surface area contributed by atoms with Crippen LogP contribution in [0.15, 0.2) is 24.3 Å². The molecule has 0 bridgehead atoms. The number of rotatable bonds is 7. The van der Waals surface area contributed by atoms with E-state index < -0.39 is 0 Å². The predicted molar refractivity (Wildman–Crippen MR) is 122 cm³/mol. The lowest BCUT2D eigenvalue weighted by Crippen LogP contribution is -2.44. The molecular weight excluding hydrogens is 396 g/mol. The molecule has 7 heteroatoms. The van der Waals surface area contributed by atoms with Crippen molar-refractivity contribution in [2.24, 2.45) is 5.92 Å². The Labute approximate surface area is 183 Å². The summed E-state index contributed by atoms with van der Waals surface area (Å²) in [4.78, 5) is 34.7. The highest BCUT2D eigenvalue weighted by Gasteiger charge is 2.29. The topological polar surface area (TPSA) is 65.5 Å². The maximum Gasteiger partial charge on any atom is 0.265 e. The Hall–Kier alpha value is -2.25. The van der Waals surface area contributed by atoms with E-state index in [-0.39, 0.29) is 17.7 Å². The number of piperidine rings is 1. The Morgan fingerprint density at radius 3 is 2.47 bits per heavy atom. The highest BCUT2D eigenvalue weighted by molar-refractivity contribution is 7.17. The van der Waals surface area contributed by atoms with Crippen molar-refractivity contribution in [1.82, 2.24) is 20.1 Å². The number of likely N-dealkylation sites (N-methyl/N-ethyl adjacent to an activating group) is 1. The lowest BCUT2D eigenvalue weighted by molar-refractivity contribution is -0.126. The molecule has 0 unspecified atom stereocenters. The van der Waals surface area contributed by atoms with Gasteiger partial charge in [0, 0.05) is 37.7 Å². The van der Waals surface area contributed by atoms with Crippen molar-refractivity contribution in [3.8, 4) is 10.6 Å². The third-order valence-corrected chi connectivity index (χ3v) is 6.81. The van der Waals surface area contributed by atoms with Gasteiger partial charge in [-0.15, -0.1) is 11.3 Å². The van der Waals surface area contributed by atoms with Gasteiger partial charge in [-0.05, 0) is 45.8 Å². The summed E-state index contributed by atoms with van der Waals surface area (Å²) in [6.45, 7) is 6.75. The monoisotopic (exact) mass is 428 g/mol. The zero-order valence-corrected chi connectivity index (χ0v) is 19.2. The number of nitrogens with zero attached hydrogens (tertiary/aromatic N) is 3. The molecule has 3 rings (SSSR count). The average molecular weight is 429 g/mol. The smallest absolute Gasteiger partial charge is 0.265 e. The van der Waals surface area contributed by atoms with E-state index in [2.05, 4.69) is 41.5 Å². The van der Waals surface area contributed by atoms with Crippen LogP contribution in [0.1, 0.15) is 40.7 Å². The molecule has 0 aliphatic carbocycles. The summed E-state index contributed by atoms with van der Waals surface area (Å²) >= 11 is 1.46. The Morgan fingerprint density at radius 1 is 1.20 bits per heavy atom. The molecule has 1 aliphatic heterocycles. The van der Waals surface area contributed by atoms with Gasteiger partial charge in [-0.25, -0.2) is 4.98 Å². The van der Waals surface area contributed by atoms with Crippen LogP contribution in [0.4, 0.5) is 0 Å². The number of hydrogen-bond acceptors (Lipinski definition) is 5. The first-order valence-corrected chi connectivity index (χ1v) is 11.5. The van der Waals surface area contributed by atoms with Crippen molar-refractivity contribution in [2.75, 3.05) is 40.3 Å². The van der Waals surface area contributed by atoms with Crippen molar-refractivity contribution in [3.05, 3.63) is 40.4 Å². The van der Waals surface area contributed by atoms with Crippen LogP contribution in [0.3, 0.4) is 0 Å². The summed E-state index contributed by atoms with van der Waals surface area (Å²) in [5, 5.41) is 3.89. The molecular formula is C23H32N4O2S. The molecule has 2 amide bonds. The van der Waals surface area contributed by atoms with E-state index in [0.717, 1.165) is 29.2 Å². The van der Waals surface area contributed by atoms with E-state index in [9.17, 15) is 9.59 Å². The van der Waals surface area contributed by atoms with E-state index in [1.807, 2.05) is 30.8 Å².